The summed E-state index contributed by atoms with van der Waals surface area (Å²) in [6.45, 7) is 1.10. The quantitative estimate of drug-likeness (QED) is 0.921. The van der Waals surface area contributed by atoms with Crippen LogP contribution in [0, 0.1) is 0 Å². The van der Waals surface area contributed by atoms with Gasteiger partial charge in [-0.25, -0.2) is 0 Å². The highest BCUT2D eigenvalue weighted by Gasteiger charge is 2.38. The van der Waals surface area contributed by atoms with Crippen molar-refractivity contribution in [1.29, 1.82) is 0 Å². The van der Waals surface area contributed by atoms with Crippen molar-refractivity contribution in [3.8, 4) is 5.75 Å². The van der Waals surface area contributed by atoms with Gasteiger partial charge in [-0.2, -0.15) is 0 Å². The summed E-state index contributed by atoms with van der Waals surface area (Å²) in [6.07, 6.45) is 0.914. The number of β-amino-alcohol motifs (C(OH)–C–C–N with tert-alkyl or cyclic N) is 1. The second-order valence-electron chi connectivity index (χ2n) is 6.05. The van der Waals surface area contributed by atoms with Gasteiger partial charge in [0.15, 0.2) is 0 Å². The van der Waals surface area contributed by atoms with Gasteiger partial charge in [0.1, 0.15) is 18.0 Å². The molecular formula is C19H21NO3. The molecule has 2 aromatic carbocycles. The predicted octanol–water partition coefficient (Wildman–Crippen LogP) is 2.27. The lowest BCUT2D eigenvalue weighted by Crippen LogP contribution is -2.41. The predicted molar refractivity (Wildman–Crippen MR) is 88.2 cm³/mol. The van der Waals surface area contributed by atoms with E-state index in [0.29, 0.717) is 25.9 Å². The molecule has 0 spiro atoms. The largest absolute Gasteiger partial charge is 0.491 e. The van der Waals surface area contributed by atoms with E-state index in [2.05, 4.69) is 0 Å². The van der Waals surface area contributed by atoms with Crippen molar-refractivity contribution in [2.45, 2.75) is 18.4 Å². The summed E-state index contributed by atoms with van der Waals surface area (Å²) in [5, 5.41) is 10.6. The van der Waals surface area contributed by atoms with Crippen LogP contribution in [0.25, 0.3) is 0 Å². The van der Waals surface area contributed by atoms with Crippen LogP contribution < -0.4 is 4.74 Å². The molecule has 4 heteroatoms. The number of carbonyl (C=O) groups is 1. The molecule has 1 aliphatic heterocycles. The number of amides is 1. The van der Waals surface area contributed by atoms with E-state index < -0.39 is 5.60 Å². The maximum absolute atomic E-state index is 12.4. The molecule has 1 amide bonds. The van der Waals surface area contributed by atoms with Crippen molar-refractivity contribution in [2.75, 3.05) is 19.7 Å². The number of ether oxygens (including phenoxy) is 1. The average Bonchev–Trinajstić information content (AvgIpc) is 2.98. The molecule has 0 aromatic heterocycles. The van der Waals surface area contributed by atoms with Crippen molar-refractivity contribution in [1.82, 2.24) is 4.90 Å². The fourth-order valence-electron chi connectivity index (χ4n) is 2.80. The highest BCUT2D eigenvalue weighted by molar-refractivity contribution is 5.79. The van der Waals surface area contributed by atoms with Crippen LogP contribution in [-0.2, 0) is 11.2 Å². The van der Waals surface area contributed by atoms with Gasteiger partial charge in [0.25, 0.3) is 0 Å². The minimum atomic E-state index is -0.970. The zero-order chi connectivity index (χ0) is 16.1. The first-order chi connectivity index (χ1) is 11.1. The topological polar surface area (TPSA) is 49.8 Å². The lowest BCUT2D eigenvalue weighted by molar-refractivity contribution is -0.130. The number of nitrogens with zero attached hydrogens (tertiary/aromatic N) is 1. The molecule has 1 fully saturated rings. The highest BCUT2D eigenvalue weighted by Crippen LogP contribution is 2.23. The minimum absolute atomic E-state index is 0.0480. The molecule has 0 saturated carbocycles. The van der Waals surface area contributed by atoms with Crippen LogP contribution in [0.5, 0.6) is 5.75 Å². The monoisotopic (exact) mass is 311 g/mol. The van der Waals surface area contributed by atoms with E-state index in [1.165, 1.54) is 0 Å². The molecule has 3 rings (SSSR count). The number of aliphatic hydroxyl groups is 1. The highest BCUT2D eigenvalue weighted by atomic mass is 16.5. The maximum Gasteiger partial charge on any atom is 0.227 e. The number of carbonyl (C=O) groups excluding carboxylic acids is 1. The molecule has 0 aliphatic carbocycles. The number of likely N-dealkylation sites (tertiary alicyclic amines) is 1. The van der Waals surface area contributed by atoms with E-state index >= 15 is 0 Å². The van der Waals surface area contributed by atoms with E-state index in [1.807, 2.05) is 60.7 Å². The summed E-state index contributed by atoms with van der Waals surface area (Å²) < 4.78 is 5.65. The second-order valence-corrected chi connectivity index (χ2v) is 6.05. The van der Waals surface area contributed by atoms with Crippen LogP contribution in [-0.4, -0.2) is 41.2 Å². The van der Waals surface area contributed by atoms with Crippen molar-refractivity contribution in [2.24, 2.45) is 0 Å². The molecule has 1 unspecified atom stereocenters. The number of hydrogen-bond donors (Lipinski definition) is 1. The van der Waals surface area contributed by atoms with Crippen LogP contribution in [0.1, 0.15) is 12.0 Å². The zero-order valence-corrected chi connectivity index (χ0v) is 13.0. The Morgan fingerprint density at radius 1 is 1.09 bits per heavy atom. The van der Waals surface area contributed by atoms with Crippen LogP contribution in [0.15, 0.2) is 60.7 Å². The van der Waals surface area contributed by atoms with E-state index in [4.69, 9.17) is 4.74 Å². The van der Waals surface area contributed by atoms with Crippen LogP contribution in [0.4, 0.5) is 0 Å². The molecule has 1 atom stereocenters. The molecule has 1 N–H and O–H groups in total. The Morgan fingerprint density at radius 3 is 2.43 bits per heavy atom. The van der Waals surface area contributed by atoms with Crippen molar-refractivity contribution >= 4 is 5.91 Å². The Bertz CT molecular complexity index is 644. The van der Waals surface area contributed by atoms with Gasteiger partial charge in [-0.05, 0) is 24.1 Å². The smallest absolute Gasteiger partial charge is 0.227 e. The van der Waals surface area contributed by atoms with Gasteiger partial charge in [-0.1, -0.05) is 48.5 Å². The molecule has 4 nitrogen and oxygen atoms in total. The SMILES string of the molecule is O=C(Cc1ccccc1)N1CCC(O)(COc2ccccc2)C1. The summed E-state index contributed by atoms with van der Waals surface area (Å²) >= 11 is 0. The first-order valence-electron chi connectivity index (χ1n) is 7.87. The maximum atomic E-state index is 12.4. The molecule has 1 saturated heterocycles. The normalized spacial score (nSPS) is 20.5. The Balaban J connectivity index is 1.53. The Hall–Kier alpha value is -2.33. The van der Waals surface area contributed by atoms with Crippen LogP contribution in [0.2, 0.25) is 0 Å². The van der Waals surface area contributed by atoms with E-state index in [0.717, 1.165) is 11.3 Å². The first kappa shape index (κ1) is 15.6. The Kier molecular flexibility index (Phi) is 4.63. The molecular weight excluding hydrogens is 290 g/mol. The standard InChI is InChI=1S/C19H21NO3/c21-18(13-16-7-3-1-4-8-16)20-12-11-19(22,14-20)15-23-17-9-5-2-6-10-17/h1-10,22H,11-15H2. The molecule has 23 heavy (non-hydrogen) atoms. The van der Waals surface area contributed by atoms with E-state index in [9.17, 15) is 9.90 Å². The fraction of sp³-hybridized carbons (Fsp3) is 0.316. The van der Waals surface area contributed by atoms with Crippen LogP contribution in [0.3, 0.4) is 0 Å². The summed E-state index contributed by atoms with van der Waals surface area (Å²) in [6, 6.07) is 19.1. The lowest BCUT2D eigenvalue weighted by atomic mass is 10.1. The Labute approximate surface area is 136 Å². The van der Waals surface area contributed by atoms with Gasteiger partial charge in [0.2, 0.25) is 5.91 Å². The molecule has 0 radical (unpaired) electrons. The Morgan fingerprint density at radius 2 is 1.74 bits per heavy atom. The van der Waals surface area contributed by atoms with Gasteiger partial charge in [0.05, 0.1) is 13.0 Å². The van der Waals surface area contributed by atoms with Crippen molar-refractivity contribution in [3.63, 3.8) is 0 Å². The fourth-order valence-corrected chi connectivity index (χ4v) is 2.80. The van der Waals surface area contributed by atoms with Crippen molar-refractivity contribution < 1.29 is 14.6 Å². The summed E-state index contributed by atoms with van der Waals surface area (Å²) in [4.78, 5) is 14.1. The lowest BCUT2D eigenvalue weighted by Gasteiger charge is -2.23. The number of benzene rings is 2. The van der Waals surface area contributed by atoms with Crippen molar-refractivity contribution in [3.05, 3.63) is 66.2 Å². The number of hydrogen-bond acceptors (Lipinski definition) is 3. The average molecular weight is 311 g/mol. The summed E-state index contributed by atoms with van der Waals surface area (Å²) in [5.41, 5.74) is 0.0239. The molecule has 1 aliphatic rings. The third kappa shape index (κ3) is 4.11. The number of para-hydroxylation sites is 1. The van der Waals surface area contributed by atoms with Gasteiger partial charge in [-0.3, -0.25) is 4.79 Å². The molecule has 1 heterocycles. The minimum Gasteiger partial charge on any atom is -0.491 e. The third-order valence-corrected chi connectivity index (χ3v) is 4.13. The second kappa shape index (κ2) is 6.84. The summed E-state index contributed by atoms with van der Waals surface area (Å²) in [7, 11) is 0. The molecule has 120 valence electrons. The third-order valence-electron chi connectivity index (χ3n) is 4.13. The van der Waals surface area contributed by atoms with Crippen LogP contribution >= 0.6 is 0 Å². The summed E-state index contributed by atoms with van der Waals surface area (Å²) in [5.74, 6) is 0.779. The van der Waals surface area contributed by atoms with Gasteiger partial charge in [-0.15, -0.1) is 0 Å². The van der Waals surface area contributed by atoms with Gasteiger partial charge < -0.3 is 14.7 Å². The van der Waals surface area contributed by atoms with E-state index in [1.54, 1.807) is 4.90 Å². The zero-order valence-electron chi connectivity index (χ0n) is 13.0. The van der Waals surface area contributed by atoms with Gasteiger partial charge in [0, 0.05) is 6.54 Å². The molecule has 2 aromatic rings. The van der Waals surface area contributed by atoms with Gasteiger partial charge >= 0.3 is 0 Å². The van der Waals surface area contributed by atoms with E-state index in [-0.39, 0.29) is 12.5 Å². The first-order valence-corrected chi connectivity index (χ1v) is 7.87. The number of rotatable bonds is 5. The molecule has 0 bridgehead atoms.